The van der Waals surface area contributed by atoms with Gasteiger partial charge in [-0.1, -0.05) is 0 Å². The van der Waals surface area contributed by atoms with Gasteiger partial charge in [0.15, 0.2) is 0 Å². The van der Waals surface area contributed by atoms with Crippen molar-refractivity contribution in [3.63, 3.8) is 0 Å². The summed E-state index contributed by atoms with van der Waals surface area (Å²) >= 11 is 3.47. The average molecular weight is 321 g/mol. The van der Waals surface area contributed by atoms with E-state index in [0.29, 0.717) is 0 Å². The third-order valence-electron chi connectivity index (χ3n) is 0.250. The third-order valence-corrected chi connectivity index (χ3v) is 0.250. The molecule has 0 heterocycles. The molecule has 0 aromatic heterocycles. The summed E-state index contributed by atoms with van der Waals surface area (Å²) in [5.74, 6) is 0. The van der Waals surface area contributed by atoms with Crippen LogP contribution < -0.4 is 0 Å². The van der Waals surface area contributed by atoms with Crippen molar-refractivity contribution in [3.05, 3.63) is 35.2 Å². The van der Waals surface area contributed by atoms with Crippen LogP contribution in [0.3, 0.4) is 0 Å². The fourth-order valence-electron chi connectivity index (χ4n) is 0. The van der Waals surface area contributed by atoms with Crippen molar-refractivity contribution in [1.29, 1.82) is 0 Å². The first kappa shape index (κ1) is 36.0. The number of rotatable bonds is 2. The van der Waals surface area contributed by atoms with E-state index < -0.39 is 9.05 Å². The Bertz CT molecular complexity index is 153. The van der Waals surface area contributed by atoms with Crippen molar-refractivity contribution < 1.29 is 30.1 Å². The zero-order chi connectivity index (χ0) is 11.3. The van der Waals surface area contributed by atoms with Gasteiger partial charge in [-0.05, 0) is 0 Å². The van der Waals surface area contributed by atoms with Crippen molar-refractivity contribution in [2.45, 2.75) is 0 Å². The molecule has 0 aromatic carbocycles. The second-order valence-electron chi connectivity index (χ2n) is 1.45. The van der Waals surface area contributed by atoms with Crippen LogP contribution >= 0.6 is 0 Å². The molecule has 0 unspecified atom stereocenters. The second-order valence-corrected chi connectivity index (χ2v) is 3.65. The molecule has 0 aliphatic heterocycles. The Kier molecular flexibility index (Phi) is 66.5. The Morgan fingerprint density at radius 1 is 0.875 bits per heavy atom. The van der Waals surface area contributed by atoms with Crippen LogP contribution in [0.5, 0.6) is 0 Å². The molecule has 0 atom stereocenters. The van der Waals surface area contributed by atoms with E-state index in [1.54, 1.807) is 0 Å². The Morgan fingerprint density at radius 3 is 0.938 bits per heavy atom. The molecular weight excluding hydrogens is 303 g/mol. The smallest absolute Gasteiger partial charge is 0.693 e. The van der Waals surface area contributed by atoms with E-state index in [0.717, 1.165) is 0 Å². The van der Waals surface area contributed by atoms with E-state index >= 15 is 0 Å². The van der Waals surface area contributed by atoms with Crippen molar-refractivity contribution >= 4 is 20.2 Å². The van der Waals surface area contributed by atoms with Crippen LogP contribution in [0.15, 0.2) is 0 Å². The van der Waals surface area contributed by atoms with Gasteiger partial charge in [-0.2, -0.15) is 30.4 Å². The molecule has 0 spiro atoms. The predicted octanol–water partition coefficient (Wildman–Crippen LogP) is 3.29. The fourth-order valence-corrected chi connectivity index (χ4v) is 0. The molecule has 0 saturated heterocycles. The SMILES string of the molecule is O=S(O)(O)=S.[Co+3].[NH-]CC[NH-].[NH-]CC[NH-].[NH2-].[NH2-]. The molecular formula is C4H18CoN6O3S2-3. The maximum absolute atomic E-state index is 9.11. The first-order valence-corrected chi connectivity index (χ1v) is 5.51. The van der Waals surface area contributed by atoms with Gasteiger partial charge in [0, 0.05) is 11.2 Å². The molecule has 0 bridgehead atoms. The topological polar surface area (TPSA) is 220 Å². The summed E-state index contributed by atoms with van der Waals surface area (Å²) in [6, 6.07) is 0. The summed E-state index contributed by atoms with van der Waals surface area (Å²) in [5, 5.41) is 0. The molecule has 0 aliphatic rings. The largest absolute Gasteiger partial charge is 3.00 e. The molecule has 10 N–H and O–H groups in total. The summed E-state index contributed by atoms with van der Waals surface area (Å²) in [7, 11) is -3.83. The van der Waals surface area contributed by atoms with E-state index in [9.17, 15) is 0 Å². The Morgan fingerprint density at radius 2 is 0.938 bits per heavy atom. The molecule has 106 valence electrons. The van der Waals surface area contributed by atoms with E-state index in [4.69, 9.17) is 36.2 Å². The zero-order valence-corrected chi connectivity index (χ0v) is 11.1. The van der Waals surface area contributed by atoms with Gasteiger partial charge in [0.1, 0.15) is 0 Å². The fraction of sp³-hybridized carbons (Fsp3) is 1.00. The van der Waals surface area contributed by atoms with Crippen LogP contribution in [0.1, 0.15) is 0 Å². The minimum atomic E-state index is -3.83. The molecule has 0 radical (unpaired) electrons. The molecule has 0 aliphatic carbocycles. The standard InChI is InChI=1S/2C2H6N2.Co.2H2N.H2O3S2/c2*3-1-2-4;;;;1-5(2,3)4/h2*3-4H,1-2H2;;2*1H2;(H2,1,2,3,4)/q2*-2;+3;2*-1;. The van der Waals surface area contributed by atoms with Gasteiger partial charge in [0.05, 0.1) is 0 Å². The molecule has 12 heteroatoms. The third kappa shape index (κ3) is 409. The van der Waals surface area contributed by atoms with Crippen molar-refractivity contribution in [1.82, 2.24) is 0 Å². The predicted molar refractivity (Wildman–Crippen MR) is 68.1 cm³/mol. The van der Waals surface area contributed by atoms with Gasteiger partial charge in [0.25, 0.3) is 9.05 Å². The summed E-state index contributed by atoms with van der Waals surface area (Å²) in [6.45, 7) is 0.944. The van der Waals surface area contributed by atoms with Crippen molar-refractivity contribution in [3.8, 4) is 0 Å². The molecule has 0 fully saturated rings. The van der Waals surface area contributed by atoms with Crippen molar-refractivity contribution in [2.75, 3.05) is 26.2 Å². The molecule has 0 rings (SSSR count). The van der Waals surface area contributed by atoms with Gasteiger partial charge in [-0.3, -0.25) is 9.11 Å². The van der Waals surface area contributed by atoms with E-state index in [1.807, 2.05) is 0 Å². The maximum atomic E-state index is 9.11. The molecule has 9 nitrogen and oxygen atoms in total. The van der Waals surface area contributed by atoms with Crippen LogP contribution in [0.4, 0.5) is 0 Å². The van der Waals surface area contributed by atoms with Gasteiger partial charge < -0.3 is 35.2 Å². The first-order valence-electron chi connectivity index (χ1n) is 3.11. The monoisotopic (exact) mass is 321 g/mol. The Hall–Kier alpha value is 0.556. The van der Waals surface area contributed by atoms with Crippen LogP contribution in [0, 0.1) is 0 Å². The number of hydrogen-bond acceptors (Lipinski definition) is 2. The summed E-state index contributed by atoms with van der Waals surface area (Å²) < 4.78 is 24.0. The van der Waals surface area contributed by atoms with Crippen LogP contribution in [-0.4, -0.2) is 39.5 Å². The van der Waals surface area contributed by atoms with Gasteiger partial charge in [0.2, 0.25) is 0 Å². The first-order chi connectivity index (χ1) is 5.83. The van der Waals surface area contributed by atoms with E-state index in [1.165, 1.54) is 0 Å². The van der Waals surface area contributed by atoms with E-state index in [-0.39, 0.29) is 55.3 Å². The van der Waals surface area contributed by atoms with Gasteiger partial charge in [-0.25, -0.2) is 0 Å². The average Bonchev–Trinajstić information content (AvgIpc) is 2.01. The maximum Gasteiger partial charge on any atom is 3.00 e. The number of nitrogens with two attached hydrogens (primary N) is 2. The van der Waals surface area contributed by atoms with Gasteiger partial charge >= 0.3 is 16.8 Å². The quantitative estimate of drug-likeness (QED) is 0.780. The van der Waals surface area contributed by atoms with Crippen molar-refractivity contribution in [2.24, 2.45) is 0 Å². The van der Waals surface area contributed by atoms with Crippen LogP contribution in [0.2, 0.25) is 0 Å². The number of nitrogens with one attached hydrogen (secondary N) is 4. The van der Waals surface area contributed by atoms with Crippen LogP contribution in [0.25, 0.3) is 35.2 Å². The minimum absolute atomic E-state index is 0. The zero-order valence-electron chi connectivity index (χ0n) is 8.44. The number of hydrogen-bond donors (Lipinski definition) is 2. The van der Waals surface area contributed by atoms with Gasteiger partial charge in [-0.15, -0.1) is 0 Å². The summed E-state index contributed by atoms with van der Waals surface area (Å²) in [5.41, 5.74) is 25.1. The summed E-state index contributed by atoms with van der Waals surface area (Å²) in [6.07, 6.45) is 0. The summed E-state index contributed by atoms with van der Waals surface area (Å²) in [4.78, 5) is 0. The Balaban J connectivity index is -0.0000000216. The van der Waals surface area contributed by atoms with E-state index in [2.05, 4.69) is 11.2 Å². The van der Waals surface area contributed by atoms with Crippen LogP contribution in [-0.2, 0) is 37.0 Å². The normalized spacial score (nSPS) is 7.38. The Labute approximate surface area is 112 Å². The molecule has 0 aromatic rings. The molecule has 16 heavy (non-hydrogen) atoms. The second kappa shape index (κ2) is 29.6. The minimum Gasteiger partial charge on any atom is -0.693 e. The molecule has 0 amide bonds. The molecule has 0 saturated carbocycles.